The van der Waals surface area contributed by atoms with E-state index in [-0.39, 0.29) is 0 Å². The Balaban J connectivity index is 1.77. The van der Waals surface area contributed by atoms with Crippen molar-refractivity contribution in [3.63, 3.8) is 0 Å². The number of benzene rings is 1. The van der Waals surface area contributed by atoms with Gasteiger partial charge < -0.3 is 20.1 Å². The van der Waals surface area contributed by atoms with Crippen LogP contribution in [0.4, 0.5) is 0 Å². The standard InChI is InChI=1S/C12H13NO4S2/c14-8-4-18-12(11(16)10(8)15)17-6-1-2-7-9(3-6)19-5-13-7/h1-3,5,8,10-12,14-16H,4H2/t8-,10+,11-,12+/m1/s1. The van der Waals surface area contributed by atoms with Crippen molar-refractivity contribution < 1.29 is 20.1 Å². The average Bonchev–Trinajstić information content (AvgIpc) is 2.87. The molecule has 0 spiro atoms. The van der Waals surface area contributed by atoms with Gasteiger partial charge in [0.1, 0.15) is 18.0 Å². The Morgan fingerprint density at radius 2 is 2.05 bits per heavy atom. The highest BCUT2D eigenvalue weighted by atomic mass is 32.2. The van der Waals surface area contributed by atoms with Crippen LogP contribution in [-0.4, -0.2) is 49.8 Å². The number of hydrogen-bond acceptors (Lipinski definition) is 7. The lowest BCUT2D eigenvalue weighted by Gasteiger charge is -2.34. The number of aliphatic hydroxyl groups excluding tert-OH is 3. The first-order valence-electron chi connectivity index (χ1n) is 5.81. The van der Waals surface area contributed by atoms with Crippen LogP contribution in [0, 0.1) is 0 Å². The third kappa shape index (κ3) is 2.56. The number of hydrogen-bond donors (Lipinski definition) is 3. The minimum atomic E-state index is -1.17. The molecule has 3 rings (SSSR count). The van der Waals surface area contributed by atoms with Crippen LogP contribution in [0.3, 0.4) is 0 Å². The Morgan fingerprint density at radius 1 is 1.21 bits per heavy atom. The van der Waals surface area contributed by atoms with E-state index in [1.807, 2.05) is 12.1 Å². The lowest BCUT2D eigenvalue weighted by Crippen LogP contribution is -2.50. The SMILES string of the molecule is O[C@@H]1[C@@H](O)[C@@H](Oc2ccc3ncsc3c2)SC[C@H]1O. The van der Waals surface area contributed by atoms with Gasteiger partial charge in [-0.2, -0.15) is 0 Å². The molecule has 0 unspecified atom stereocenters. The molecule has 0 saturated carbocycles. The molecular formula is C12H13NO4S2. The predicted octanol–water partition coefficient (Wildman–Crippen LogP) is 0.831. The van der Waals surface area contributed by atoms with Crippen molar-refractivity contribution in [1.29, 1.82) is 0 Å². The molecule has 5 nitrogen and oxygen atoms in total. The summed E-state index contributed by atoms with van der Waals surface area (Å²) in [5, 5.41) is 29.0. The smallest absolute Gasteiger partial charge is 0.173 e. The summed E-state index contributed by atoms with van der Waals surface area (Å²) >= 11 is 2.81. The summed E-state index contributed by atoms with van der Waals surface area (Å²) in [7, 11) is 0. The predicted molar refractivity (Wildman–Crippen MR) is 74.5 cm³/mol. The van der Waals surface area contributed by atoms with Crippen LogP contribution in [0.2, 0.25) is 0 Å². The second kappa shape index (κ2) is 5.26. The van der Waals surface area contributed by atoms with E-state index in [9.17, 15) is 15.3 Å². The van der Waals surface area contributed by atoms with Crippen LogP contribution in [0.25, 0.3) is 10.2 Å². The average molecular weight is 299 g/mol. The Bertz CT molecular complexity index is 576. The fourth-order valence-corrected chi connectivity index (χ4v) is 3.75. The molecule has 1 fully saturated rings. The van der Waals surface area contributed by atoms with E-state index in [1.54, 1.807) is 11.6 Å². The van der Waals surface area contributed by atoms with Crippen LogP contribution >= 0.6 is 23.1 Å². The number of nitrogens with zero attached hydrogens (tertiary/aromatic N) is 1. The van der Waals surface area contributed by atoms with Gasteiger partial charge in [0.25, 0.3) is 0 Å². The monoisotopic (exact) mass is 299 g/mol. The van der Waals surface area contributed by atoms with Gasteiger partial charge in [-0.25, -0.2) is 4.98 Å². The first-order valence-corrected chi connectivity index (χ1v) is 7.74. The molecule has 0 aliphatic carbocycles. The molecule has 102 valence electrons. The van der Waals surface area contributed by atoms with Gasteiger partial charge in [0.05, 0.1) is 21.8 Å². The number of rotatable bonds is 2. The van der Waals surface area contributed by atoms with Crippen molar-refractivity contribution >= 4 is 33.3 Å². The lowest BCUT2D eigenvalue weighted by molar-refractivity contribution is -0.0785. The molecule has 2 heterocycles. The molecule has 1 aliphatic rings. The second-order valence-corrected chi connectivity index (χ2v) is 6.37. The summed E-state index contributed by atoms with van der Waals surface area (Å²) in [5.41, 5.74) is 2.09. The molecule has 7 heteroatoms. The van der Waals surface area contributed by atoms with Gasteiger partial charge in [0, 0.05) is 5.75 Å². The Kier molecular flexibility index (Phi) is 3.64. The van der Waals surface area contributed by atoms with Crippen LogP contribution in [0.5, 0.6) is 5.75 Å². The van der Waals surface area contributed by atoms with E-state index in [2.05, 4.69) is 4.98 Å². The molecule has 4 atom stereocenters. The van der Waals surface area contributed by atoms with E-state index >= 15 is 0 Å². The summed E-state index contributed by atoms with van der Waals surface area (Å²) < 4.78 is 6.69. The first kappa shape index (κ1) is 13.1. The Labute approximate surface area is 117 Å². The molecule has 1 aromatic carbocycles. The van der Waals surface area contributed by atoms with E-state index < -0.39 is 23.7 Å². The van der Waals surface area contributed by atoms with E-state index in [4.69, 9.17) is 4.74 Å². The maximum Gasteiger partial charge on any atom is 0.173 e. The normalized spacial score (nSPS) is 31.5. The Morgan fingerprint density at radius 3 is 2.89 bits per heavy atom. The van der Waals surface area contributed by atoms with Gasteiger partial charge in [-0.3, -0.25) is 0 Å². The minimum Gasteiger partial charge on any atom is -0.477 e. The fourth-order valence-electron chi connectivity index (χ4n) is 1.93. The van der Waals surface area contributed by atoms with Gasteiger partial charge in [-0.05, 0) is 18.2 Å². The molecule has 0 bridgehead atoms. The highest BCUT2D eigenvalue weighted by Crippen LogP contribution is 2.31. The third-order valence-corrected chi connectivity index (χ3v) is 5.04. The largest absolute Gasteiger partial charge is 0.477 e. The van der Waals surface area contributed by atoms with Gasteiger partial charge in [-0.15, -0.1) is 23.1 Å². The summed E-state index contributed by atoms with van der Waals surface area (Å²) in [6.45, 7) is 0. The van der Waals surface area contributed by atoms with Crippen molar-refractivity contribution in [3.05, 3.63) is 23.7 Å². The van der Waals surface area contributed by atoms with E-state index in [1.165, 1.54) is 23.1 Å². The quantitative estimate of drug-likeness (QED) is 0.762. The van der Waals surface area contributed by atoms with Crippen LogP contribution < -0.4 is 4.74 Å². The fraction of sp³-hybridized carbons (Fsp3) is 0.417. The molecule has 1 saturated heterocycles. The van der Waals surface area contributed by atoms with Crippen LogP contribution in [-0.2, 0) is 0 Å². The molecule has 1 aliphatic heterocycles. The summed E-state index contributed by atoms with van der Waals surface area (Å²) in [4.78, 5) is 4.18. The number of thioether (sulfide) groups is 1. The van der Waals surface area contributed by atoms with Crippen LogP contribution in [0.1, 0.15) is 0 Å². The molecule has 1 aromatic heterocycles. The topological polar surface area (TPSA) is 82.8 Å². The molecule has 0 radical (unpaired) electrons. The number of aromatic nitrogens is 1. The van der Waals surface area contributed by atoms with Crippen molar-refractivity contribution in [1.82, 2.24) is 4.98 Å². The molecule has 2 aromatic rings. The molecule has 19 heavy (non-hydrogen) atoms. The first-order chi connectivity index (χ1) is 9.15. The molecular weight excluding hydrogens is 286 g/mol. The lowest BCUT2D eigenvalue weighted by atomic mass is 10.1. The van der Waals surface area contributed by atoms with Gasteiger partial charge in [0.2, 0.25) is 0 Å². The van der Waals surface area contributed by atoms with Gasteiger partial charge in [-0.1, -0.05) is 0 Å². The number of thiazole rings is 1. The second-order valence-electron chi connectivity index (χ2n) is 4.35. The highest BCUT2D eigenvalue weighted by Gasteiger charge is 2.38. The van der Waals surface area contributed by atoms with Crippen molar-refractivity contribution in [3.8, 4) is 5.75 Å². The molecule has 0 amide bonds. The molecule has 3 N–H and O–H groups in total. The van der Waals surface area contributed by atoms with Gasteiger partial charge >= 0.3 is 0 Å². The number of ether oxygens (including phenoxy) is 1. The highest BCUT2D eigenvalue weighted by molar-refractivity contribution is 7.99. The zero-order chi connectivity index (χ0) is 13.4. The van der Waals surface area contributed by atoms with Crippen LogP contribution in [0.15, 0.2) is 23.7 Å². The number of aliphatic hydroxyl groups is 3. The zero-order valence-corrected chi connectivity index (χ0v) is 11.5. The zero-order valence-electron chi connectivity index (χ0n) is 9.84. The summed E-state index contributed by atoms with van der Waals surface area (Å²) in [6.07, 6.45) is -3.19. The third-order valence-electron chi connectivity index (χ3n) is 3.01. The Hall–Kier alpha value is -0.860. The van der Waals surface area contributed by atoms with E-state index in [0.717, 1.165) is 10.2 Å². The van der Waals surface area contributed by atoms with Crippen molar-refractivity contribution in [2.75, 3.05) is 5.75 Å². The minimum absolute atomic E-state index is 0.339. The van der Waals surface area contributed by atoms with Crippen molar-refractivity contribution in [2.24, 2.45) is 0 Å². The van der Waals surface area contributed by atoms with Gasteiger partial charge in [0.15, 0.2) is 5.44 Å². The summed E-state index contributed by atoms with van der Waals surface area (Å²) in [5.74, 6) is 0.961. The maximum atomic E-state index is 9.88. The maximum absolute atomic E-state index is 9.88. The van der Waals surface area contributed by atoms with E-state index in [0.29, 0.717) is 11.5 Å². The van der Waals surface area contributed by atoms with Crippen molar-refractivity contribution in [2.45, 2.75) is 23.7 Å². The number of fused-ring (bicyclic) bond motifs is 1. The summed E-state index contributed by atoms with van der Waals surface area (Å²) in [6, 6.07) is 5.50.